The lowest BCUT2D eigenvalue weighted by atomic mass is 9.64. The molecule has 0 amide bonds. The Morgan fingerprint density at radius 2 is 1.73 bits per heavy atom. The molecule has 0 radical (unpaired) electrons. The van der Waals surface area contributed by atoms with Crippen LogP contribution in [0.4, 0.5) is 5.69 Å². The van der Waals surface area contributed by atoms with Crippen LogP contribution in [0.15, 0.2) is 78.2 Å². The lowest BCUT2D eigenvalue weighted by Gasteiger charge is -2.38. The first kappa shape index (κ1) is 21.5. The molecule has 6 heteroatoms. The monoisotopic (exact) mass is 459 g/mol. The van der Waals surface area contributed by atoms with Gasteiger partial charge in [-0.05, 0) is 64.9 Å². The minimum Gasteiger partial charge on any atom is -0.495 e. The number of sulfonamides is 1. The molecule has 2 aliphatic rings. The molecular formula is C27H25NO4S. The SMILES string of the molecule is C=C(c1ccccc1)c1cc(NS(=O)(=O)c2ccccc2OC)cc2c1CC(=O)C21CCC1. The van der Waals surface area contributed by atoms with Crippen LogP contribution < -0.4 is 9.46 Å². The lowest BCUT2D eigenvalue weighted by Crippen LogP contribution is -2.39. The topological polar surface area (TPSA) is 72.5 Å². The molecule has 5 nitrogen and oxygen atoms in total. The number of ether oxygens (including phenoxy) is 1. The van der Waals surface area contributed by atoms with Crippen molar-refractivity contribution < 1.29 is 17.9 Å². The van der Waals surface area contributed by atoms with Gasteiger partial charge in [0.25, 0.3) is 10.0 Å². The smallest absolute Gasteiger partial charge is 0.265 e. The van der Waals surface area contributed by atoms with Crippen LogP contribution >= 0.6 is 0 Å². The van der Waals surface area contributed by atoms with Crippen LogP contribution in [0.5, 0.6) is 5.75 Å². The lowest BCUT2D eigenvalue weighted by molar-refractivity contribution is -0.125. The third-order valence-electron chi connectivity index (χ3n) is 6.90. The van der Waals surface area contributed by atoms with Gasteiger partial charge in [-0.1, -0.05) is 55.5 Å². The molecule has 1 N–H and O–H groups in total. The normalized spacial score (nSPS) is 16.2. The number of fused-ring (bicyclic) bond motifs is 2. The van der Waals surface area contributed by atoms with E-state index in [0.717, 1.165) is 47.1 Å². The van der Waals surface area contributed by atoms with Crippen molar-refractivity contribution in [1.29, 1.82) is 0 Å². The Hall–Kier alpha value is -3.38. The average molecular weight is 460 g/mol. The van der Waals surface area contributed by atoms with Crippen molar-refractivity contribution in [3.8, 4) is 5.75 Å². The van der Waals surface area contributed by atoms with Crippen molar-refractivity contribution in [3.05, 3.63) is 95.6 Å². The Kier molecular flexibility index (Phi) is 5.13. The van der Waals surface area contributed by atoms with E-state index >= 15 is 0 Å². The molecular weight excluding hydrogens is 434 g/mol. The maximum Gasteiger partial charge on any atom is 0.265 e. The summed E-state index contributed by atoms with van der Waals surface area (Å²) < 4.78 is 34.5. The van der Waals surface area contributed by atoms with Crippen molar-refractivity contribution in [2.24, 2.45) is 0 Å². The standard InChI is InChI=1S/C27H25NO4S/c1-18(19-9-4-3-5-10-19)21-15-20(16-23-22(21)17-26(29)27(23)13-8-14-27)28-33(30,31)25-12-7-6-11-24(25)32-2/h3-7,9-12,15-16,28H,1,8,13-14,17H2,2H3. The zero-order chi connectivity index (χ0) is 23.2. The zero-order valence-electron chi connectivity index (χ0n) is 18.4. The molecule has 0 aromatic heterocycles. The Labute approximate surface area is 194 Å². The number of carbonyl (C=O) groups excluding carboxylic acids is 1. The zero-order valence-corrected chi connectivity index (χ0v) is 19.2. The predicted octanol–water partition coefficient (Wildman–Crippen LogP) is 5.10. The summed E-state index contributed by atoms with van der Waals surface area (Å²) in [5.74, 6) is 0.487. The average Bonchev–Trinajstić information content (AvgIpc) is 3.10. The molecule has 33 heavy (non-hydrogen) atoms. The largest absolute Gasteiger partial charge is 0.495 e. The van der Waals surface area contributed by atoms with Crippen LogP contribution in [0.2, 0.25) is 0 Å². The van der Waals surface area contributed by atoms with Crippen molar-refractivity contribution in [2.75, 3.05) is 11.8 Å². The van der Waals surface area contributed by atoms with Crippen molar-refractivity contribution in [1.82, 2.24) is 0 Å². The van der Waals surface area contributed by atoms with Crippen LogP contribution in [-0.2, 0) is 26.7 Å². The number of ketones is 1. The summed E-state index contributed by atoms with van der Waals surface area (Å²) >= 11 is 0. The molecule has 1 saturated carbocycles. The molecule has 2 aliphatic carbocycles. The van der Waals surface area contributed by atoms with Gasteiger partial charge in [-0.3, -0.25) is 9.52 Å². The van der Waals surface area contributed by atoms with Crippen LogP contribution in [0, 0.1) is 0 Å². The van der Waals surface area contributed by atoms with Gasteiger partial charge in [-0.2, -0.15) is 0 Å². The summed E-state index contributed by atoms with van der Waals surface area (Å²) in [6.07, 6.45) is 2.96. The maximum absolute atomic E-state index is 13.3. The second-order valence-electron chi connectivity index (χ2n) is 8.69. The number of hydrogen-bond acceptors (Lipinski definition) is 4. The number of hydrogen-bond donors (Lipinski definition) is 1. The Balaban J connectivity index is 1.64. The summed E-state index contributed by atoms with van der Waals surface area (Å²) in [4.78, 5) is 13.1. The number of benzene rings is 3. The molecule has 0 saturated heterocycles. The molecule has 1 spiro atoms. The highest BCUT2D eigenvalue weighted by Gasteiger charge is 2.51. The van der Waals surface area contributed by atoms with Gasteiger partial charge in [-0.15, -0.1) is 0 Å². The summed E-state index contributed by atoms with van der Waals surface area (Å²) in [6.45, 7) is 4.30. The molecule has 0 unspecified atom stereocenters. The molecule has 0 heterocycles. The first-order valence-electron chi connectivity index (χ1n) is 11.0. The Bertz CT molecular complexity index is 1370. The minimum absolute atomic E-state index is 0.0610. The van der Waals surface area contributed by atoms with Crippen molar-refractivity contribution in [3.63, 3.8) is 0 Å². The van der Waals surface area contributed by atoms with E-state index in [9.17, 15) is 13.2 Å². The van der Waals surface area contributed by atoms with Gasteiger partial charge in [0.05, 0.1) is 12.5 Å². The van der Waals surface area contributed by atoms with Gasteiger partial charge < -0.3 is 4.74 Å². The fraction of sp³-hybridized carbons (Fsp3) is 0.222. The minimum atomic E-state index is -3.91. The molecule has 0 bridgehead atoms. The van der Waals surface area contributed by atoms with E-state index < -0.39 is 15.4 Å². The van der Waals surface area contributed by atoms with Crippen molar-refractivity contribution in [2.45, 2.75) is 36.0 Å². The van der Waals surface area contributed by atoms with Gasteiger partial charge in [0.1, 0.15) is 16.4 Å². The third-order valence-corrected chi connectivity index (χ3v) is 8.32. The highest BCUT2D eigenvalue weighted by molar-refractivity contribution is 7.92. The highest BCUT2D eigenvalue weighted by atomic mass is 32.2. The van der Waals surface area contributed by atoms with Gasteiger partial charge in [0.2, 0.25) is 0 Å². The molecule has 168 valence electrons. The molecule has 3 aromatic rings. The number of carbonyl (C=O) groups is 1. The maximum atomic E-state index is 13.3. The number of anilines is 1. The number of nitrogens with one attached hydrogen (secondary N) is 1. The second kappa shape index (κ2) is 7.89. The molecule has 5 rings (SSSR count). The van der Waals surface area contributed by atoms with Crippen LogP contribution in [-0.4, -0.2) is 21.3 Å². The third kappa shape index (κ3) is 3.45. The van der Waals surface area contributed by atoms with Gasteiger partial charge in [-0.25, -0.2) is 8.42 Å². The Morgan fingerprint density at radius 1 is 1.03 bits per heavy atom. The van der Waals surface area contributed by atoms with Gasteiger partial charge in [0, 0.05) is 12.1 Å². The summed E-state index contributed by atoms with van der Waals surface area (Å²) in [5, 5.41) is 0. The van der Waals surface area contributed by atoms with Crippen LogP contribution in [0.25, 0.3) is 5.57 Å². The van der Waals surface area contributed by atoms with E-state index in [1.54, 1.807) is 24.3 Å². The molecule has 1 fully saturated rings. The van der Waals surface area contributed by atoms with Crippen LogP contribution in [0.3, 0.4) is 0 Å². The summed E-state index contributed by atoms with van der Waals surface area (Å²) in [5.41, 5.74) is 4.36. The quantitative estimate of drug-likeness (QED) is 0.556. The molecule has 0 aliphatic heterocycles. The summed E-state index contributed by atoms with van der Waals surface area (Å²) in [6, 6.07) is 19.9. The van der Waals surface area contributed by atoms with Gasteiger partial charge in [0.15, 0.2) is 0 Å². The van der Waals surface area contributed by atoms with Gasteiger partial charge >= 0.3 is 0 Å². The molecule has 0 atom stereocenters. The fourth-order valence-corrected chi connectivity index (χ4v) is 6.23. The van der Waals surface area contributed by atoms with E-state index in [-0.39, 0.29) is 16.4 Å². The number of methoxy groups -OCH3 is 1. The predicted molar refractivity (Wildman–Crippen MR) is 129 cm³/mol. The second-order valence-corrected chi connectivity index (χ2v) is 10.3. The number of para-hydroxylation sites is 1. The van der Waals surface area contributed by atoms with Crippen LogP contribution in [0.1, 0.15) is 41.5 Å². The highest BCUT2D eigenvalue weighted by Crippen LogP contribution is 2.52. The molecule has 3 aromatic carbocycles. The van der Waals surface area contributed by atoms with Crippen molar-refractivity contribution >= 4 is 27.1 Å². The number of Topliss-reactive ketones (excluding diaryl/α,β-unsaturated/α-hetero) is 1. The van der Waals surface area contributed by atoms with E-state index in [4.69, 9.17) is 4.74 Å². The first-order valence-corrected chi connectivity index (χ1v) is 12.5. The van der Waals surface area contributed by atoms with E-state index in [2.05, 4.69) is 11.3 Å². The Morgan fingerprint density at radius 3 is 2.39 bits per heavy atom. The van der Waals surface area contributed by atoms with E-state index in [0.29, 0.717) is 12.1 Å². The van der Waals surface area contributed by atoms with E-state index in [1.807, 2.05) is 36.4 Å². The van der Waals surface area contributed by atoms with E-state index in [1.165, 1.54) is 13.2 Å². The summed E-state index contributed by atoms with van der Waals surface area (Å²) in [7, 11) is -2.47. The first-order chi connectivity index (χ1) is 15.9. The fourth-order valence-electron chi connectivity index (χ4n) is 5.02. The number of rotatable bonds is 6.